The predicted octanol–water partition coefficient (Wildman–Crippen LogP) is 2.13. The second-order valence-electron chi connectivity index (χ2n) is 4.03. The molecule has 1 aromatic carbocycles. The maximum atomic E-state index is 11.6. The number of hydrogen-bond donors (Lipinski definition) is 0. The predicted molar refractivity (Wildman–Crippen MR) is 79.9 cm³/mol. The van der Waals surface area contributed by atoms with Crippen molar-refractivity contribution in [2.45, 2.75) is 0 Å². The van der Waals surface area contributed by atoms with Gasteiger partial charge in [-0.2, -0.15) is 0 Å². The van der Waals surface area contributed by atoms with Crippen LogP contribution < -0.4 is 0 Å². The number of halogens is 1. The van der Waals surface area contributed by atoms with Crippen LogP contribution in [0.15, 0.2) is 30.3 Å². The fourth-order valence-electron chi connectivity index (χ4n) is 1.45. The van der Waals surface area contributed by atoms with Crippen LogP contribution in [0, 0.1) is 0 Å². The first-order valence-corrected chi connectivity index (χ1v) is 7.39. The molecule has 6 heteroatoms. The molecule has 0 N–H and O–H groups in total. The van der Waals surface area contributed by atoms with Gasteiger partial charge in [0.25, 0.3) is 0 Å². The maximum Gasteiger partial charge on any atom is 0.338 e. The molecule has 0 aliphatic heterocycles. The second-order valence-corrected chi connectivity index (χ2v) is 4.41. The number of rotatable bonds is 12. The Hall–Kier alpha value is -1.14. The minimum Gasteiger partial charge on any atom is -0.460 e. The molecule has 0 heterocycles. The van der Waals surface area contributed by atoms with Crippen LogP contribution in [0.4, 0.5) is 0 Å². The van der Waals surface area contributed by atoms with E-state index in [1.807, 2.05) is 6.07 Å². The summed E-state index contributed by atoms with van der Waals surface area (Å²) in [6.07, 6.45) is 0. The van der Waals surface area contributed by atoms with Gasteiger partial charge in [-0.15, -0.1) is 11.6 Å². The molecule has 1 rings (SSSR count). The van der Waals surface area contributed by atoms with Crippen LogP contribution in [0.5, 0.6) is 0 Å². The zero-order chi connectivity index (χ0) is 15.2. The molecule has 0 amide bonds. The molecule has 0 radical (unpaired) electrons. The van der Waals surface area contributed by atoms with Crippen molar-refractivity contribution in [3.63, 3.8) is 0 Å². The van der Waals surface area contributed by atoms with Crippen LogP contribution in [-0.4, -0.2) is 58.1 Å². The molecule has 118 valence electrons. The average Bonchev–Trinajstić information content (AvgIpc) is 2.53. The lowest BCUT2D eigenvalue weighted by Crippen LogP contribution is -2.14. The summed E-state index contributed by atoms with van der Waals surface area (Å²) in [5.41, 5.74) is 0.540. The van der Waals surface area contributed by atoms with Crippen molar-refractivity contribution < 1.29 is 23.7 Å². The third kappa shape index (κ3) is 9.42. The molecule has 0 saturated heterocycles. The first-order valence-electron chi connectivity index (χ1n) is 6.86. The third-order valence-electron chi connectivity index (χ3n) is 2.44. The van der Waals surface area contributed by atoms with E-state index in [0.29, 0.717) is 51.1 Å². The molecule has 0 spiro atoms. The van der Waals surface area contributed by atoms with Crippen molar-refractivity contribution in [3.05, 3.63) is 35.9 Å². The van der Waals surface area contributed by atoms with E-state index in [2.05, 4.69) is 0 Å². The number of carbonyl (C=O) groups excluding carboxylic acids is 1. The van der Waals surface area contributed by atoms with E-state index < -0.39 is 0 Å². The zero-order valence-corrected chi connectivity index (χ0v) is 12.7. The summed E-state index contributed by atoms with van der Waals surface area (Å²) in [4.78, 5) is 11.6. The van der Waals surface area contributed by atoms with E-state index in [1.54, 1.807) is 24.3 Å². The topological polar surface area (TPSA) is 54.0 Å². The molecule has 21 heavy (non-hydrogen) atoms. The fraction of sp³-hybridized carbons (Fsp3) is 0.533. The van der Waals surface area contributed by atoms with Crippen LogP contribution in [0.25, 0.3) is 0 Å². The van der Waals surface area contributed by atoms with E-state index in [0.717, 1.165) is 0 Å². The van der Waals surface area contributed by atoms with Crippen molar-refractivity contribution in [1.29, 1.82) is 0 Å². The lowest BCUT2D eigenvalue weighted by Gasteiger charge is -2.07. The van der Waals surface area contributed by atoms with E-state index in [1.165, 1.54) is 0 Å². The van der Waals surface area contributed by atoms with Crippen LogP contribution in [0.1, 0.15) is 10.4 Å². The molecular weight excluding hydrogens is 296 g/mol. The number of alkyl halides is 1. The standard InChI is InChI=1S/C15H21ClO5/c16-6-7-18-8-9-19-10-11-20-12-13-21-15(17)14-4-2-1-3-5-14/h1-5H,6-13H2. The molecule has 0 fully saturated rings. The number of hydrogen-bond acceptors (Lipinski definition) is 5. The highest BCUT2D eigenvalue weighted by Gasteiger charge is 2.04. The summed E-state index contributed by atoms with van der Waals surface area (Å²) >= 11 is 5.45. The molecule has 0 aromatic heterocycles. The zero-order valence-electron chi connectivity index (χ0n) is 12.0. The highest BCUT2D eigenvalue weighted by Crippen LogP contribution is 2.00. The molecule has 5 nitrogen and oxygen atoms in total. The molecule has 0 saturated carbocycles. The van der Waals surface area contributed by atoms with Gasteiger partial charge in [0, 0.05) is 5.88 Å². The Morgan fingerprint density at radius 1 is 0.810 bits per heavy atom. The molecule has 0 unspecified atom stereocenters. The summed E-state index contributed by atoms with van der Waals surface area (Å²) in [5.74, 6) is 0.150. The highest BCUT2D eigenvalue weighted by atomic mass is 35.5. The van der Waals surface area contributed by atoms with Crippen LogP contribution >= 0.6 is 11.6 Å². The number of benzene rings is 1. The lowest BCUT2D eigenvalue weighted by molar-refractivity contribution is 0.00198. The maximum absolute atomic E-state index is 11.6. The van der Waals surface area contributed by atoms with Gasteiger partial charge in [0.05, 0.1) is 45.2 Å². The minimum absolute atomic E-state index is 0.229. The van der Waals surface area contributed by atoms with E-state index >= 15 is 0 Å². The Labute approximate surface area is 130 Å². The summed E-state index contributed by atoms with van der Waals surface area (Å²) in [6.45, 7) is 3.10. The second kappa shape index (κ2) is 12.6. The minimum atomic E-state index is -0.341. The molecule has 0 aliphatic carbocycles. The Balaban J connectivity index is 1.88. The number of ether oxygens (including phenoxy) is 4. The fourth-order valence-corrected chi connectivity index (χ4v) is 1.56. The lowest BCUT2D eigenvalue weighted by atomic mass is 10.2. The van der Waals surface area contributed by atoms with Gasteiger partial charge in [0.2, 0.25) is 0 Å². The first kappa shape index (κ1) is 17.9. The van der Waals surface area contributed by atoms with E-state index in [-0.39, 0.29) is 12.6 Å². The van der Waals surface area contributed by atoms with Crippen molar-refractivity contribution >= 4 is 17.6 Å². The molecular formula is C15H21ClO5. The van der Waals surface area contributed by atoms with Gasteiger partial charge in [0.1, 0.15) is 6.61 Å². The van der Waals surface area contributed by atoms with Crippen molar-refractivity contribution in [2.24, 2.45) is 0 Å². The van der Waals surface area contributed by atoms with E-state index in [4.69, 9.17) is 30.5 Å². The third-order valence-corrected chi connectivity index (χ3v) is 2.59. The van der Waals surface area contributed by atoms with Gasteiger partial charge >= 0.3 is 5.97 Å². The van der Waals surface area contributed by atoms with Crippen molar-refractivity contribution in [1.82, 2.24) is 0 Å². The van der Waals surface area contributed by atoms with E-state index in [9.17, 15) is 4.79 Å². The summed E-state index contributed by atoms with van der Waals surface area (Å²) < 4.78 is 20.8. The average molecular weight is 317 g/mol. The van der Waals surface area contributed by atoms with Gasteiger partial charge in [0.15, 0.2) is 0 Å². The van der Waals surface area contributed by atoms with Crippen molar-refractivity contribution in [3.8, 4) is 0 Å². The SMILES string of the molecule is O=C(OCCOCCOCCOCCCl)c1ccccc1. The number of carbonyl (C=O) groups is 1. The quantitative estimate of drug-likeness (QED) is 0.336. The van der Waals surface area contributed by atoms with Gasteiger partial charge in [-0.1, -0.05) is 18.2 Å². The smallest absolute Gasteiger partial charge is 0.338 e. The summed E-state index contributed by atoms with van der Waals surface area (Å²) in [6, 6.07) is 8.86. The molecule has 1 aromatic rings. The van der Waals surface area contributed by atoms with Crippen molar-refractivity contribution in [2.75, 3.05) is 52.1 Å². The first-order chi connectivity index (χ1) is 10.3. The van der Waals surface area contributed by atoms with Gasteiger partial charge in [-0.05, 0) is 12.1 Å². The molecule has 0 aliphatic rings. The Morgan fingerprint density at radius 2 is 1.33 bits per heavy atom. The van der Waals surface area contributed by atoms with Crippen LogP contribution in [0.3, 0.4) is 0 Å². The van der Waals surface area contributed by atoms with Gasteiger partial charge in [-0.3, -0.25) is 0 Å². The molecule has 0 bridgehead atoms. The monoisotopic (exact) mass is 316 g/mol. The largest absolute Gasteiger partial charge is 0.460 e. The molecule has 0 atom stereocenters. The highest BCUT2D eigenvalue weighted by molar-refractivity contribution is 6.17. The summed E-state index contributed by atoms with van der Waals surface area (Å²) in [7, 11) is 0. The Kier molecular flexibility index (Phi) is 10.7. The van der Waals surface area contributed by atoms with Gasteiger partial charge < -0.3 is 18.9 Å². The Morgan fingerprint density at radius 3 is 1.90 bits per heavy atom. The van der Waals surface area contributed by atoms with Crippen LogP contribution in [0.2, 0.25) is 0 Å². The van der Waals surface area contributed by atoms with Crippen LogP contribution in [-0.2, 0) is 18.9 Å². The number of esters is 1. The van der Waals surface area contributed by atoms with Gasteiger partial charge in [-0.25, -0.2) is 4.79 Å². The normalized spacial score (nSPS) is 10.5. The summed E-state index contributed by atoms with van der Waals surface area (Å²) in [5, 5.41) is 0. The Bertz CT molecular complexity index is 372.